The summed E-state index contributed by atoms with van der Waals surface area (Å²) < 4.78 is 28.0. The Bertz CT molecular complexity index is 909. The minimum absolute atomic E-state index is 0.0607. The summed E-state index contributed by atoms with van der Waals surface area (Å²) in [4.78, 5) is 13.8. The molecule has 144 valence electrons. The molecule has 1 aliphatic heterocycles. The van der Waals surface area contributed by atoms with Crippen LogP contribution in [0.2, 0.25) is 0 Å². The predicted octanol–water partition coefficient (Wildman–Crippen LogP) is 4.21. The van der Waals surface area contributed by atoms with Crippen LogP contribution in [0.25, 0.3) is 0 Å². The molecule has 1 saturated heterocycles. The van der Waals surface area contributed by atoms with Crippen molar-refractivity contribution in [1.82, 2.24) is 4.31 Å². The summed E-state index contributed by atoms with van der Waals surface area (Å²) in [6.45, 7) is 0.701. The van der Waals surface area contributed by atoms with E-state index in [2.05, 4.69) is 21.2 Å². The first kappa shape index (κ1) is 20.4. The van der Waals surface area contributed by atoms with Gasteiger partial charge in [0, 0.05) is 34.1 Å². The second kappa shape index (κ2) is 8.77. The Morgan fingerprint density at radius 3 is 2.41 bits per heavy atom. The molecule has 0 radical (unpaired) electrons. The zero-order valence-corrected chi connectivity index (χ0v) is 18.1. The van der Waals surface area contributed by atoms with Crippen molar-refractivity contribution in [1.29, 1.82) is 0 Å². The van der Waals surface area contributed by atoms with Gasteiger partial charge >= 0.3 is 0 Å². The summed E-state index contributed by atoms with van der Waals surface area (Å²) in [5.74, 6) is -0.247. The second-order valence-electron chi connectivity index (χ2n) is 6.35. The van der Waals surface area contributed by atoms with E-state index in [0.717, 1.165) is 15.1 Å². The van der Waals surface area contributed by atoms with Gasteiger partial charge in [-0.1, -0.05) is 22.0 Å². The summed E-state index contributed by atoms with van der Waals surface area (Å²) in [5, 5.41) is 2.91. The van der Waals surface area contributed by atoms with Gasteiger partial charge in [0.25, 0.3) is 0 Å². The molecule has 3 rings (SSSR count). The standard InChI is InChI=1S/C19H21BrN2O3S2/c1-26-17-5-7-18(8-6-17)27(24,25)22-11-9-14(10-12-22)19(23)21-16-4-2-3-15(20)13-16/h2-8,13-14H,9-12H2,1H3,(H,21,23). The quantitative estimate of drug-likeness (QED) is 0.667. The number of nitrogens with zero attached hydrogens (tertiary/aromatic N) is 1. The lowest BCUT2D eigenvalue weighted by Crippen LogP contribution is -2.41. The average molecular weight is 469 g/mol. The number of hydrogen-bond acceptors (Lipinski definition) is 4. The van der Waals surface area contributed by atoms with Crippen LogP contribution in [-0.4, -0.2) is 38.0 Å². The number of benzene rings is 2. The SMILES string of the molecule is CSc1ccc(S(=O)(=O)N2CCC(C(=O)Nc3cccc(Br)c3)CC2)cc1. The van der Waals surface area contributed by atoms with E-state index in [1.807, 2.05) is 42.7 Å². The van der Waals surface area contributed by atoms with Gasteiger partial charge in [-0.3, -0.25) is 4.79 Å². The van der Waals surface area contributed by atoms with E-state index < -0.39 is 10.0 Å². The van der Waals surface area contributed by atoms with Crippen molar-refractivity contribution in [2.45, 2.75) is 22.6 Å². The number of anilines is 1. The molecular weight excluding hydrogens is 448 g/mol. The molecule has 0 aliphatic carbocycles. The van der Waals surface area contributed by atoms with Gasteiger partial charge in [-0.05, 0) is 61.6 Å². The van der Waals surface area contributed by atoms with Crippen molar-refractivity contribution in [2.75, 3.05) is 24.7 Å². The number of thioether (sulfide) groups is 1. The third-order valence-corrected chi connectivity index (χ3v) is 7.76. The monoisotopic (exact) mass is 468 g/mol. The number of hydrogen-bond donors (Lipinski definition) is 1. The van der Waals surface area contributed by atoms with Gasteiger partial charge in [0.05, 0.1) is 4.90 Å². The van der Waals surface area contributed by atoms with Crippen molar-refractivity contribution in [3.8, 4) is 0 Å². The fourth-order valence-electron chi connectivity index (χ4n) is 3.07. The van der Waals surface area contributed by atoms with Crippen LogP contribution in [0, 0.1) is 5.92 Å². The Kier molecular flexibility index (Phi) is 6.62. The molecule has 2 aromatic rings. The molecule has 27 heavy (non-hydrogen) atoms. The first-order valence-electron chi connectivity index (χ1n) is 8.61. The van der Waals surface area contributed by atoms with Crippen molar-refractivity contribution in [3.05, 3.63) is 53.0 Å². The summed E-state index contributed by atoms with van der Waals surface area (Å²) >= 11 is 4.96. The van der Waals surface area contributed by atoms with Gasteiger partial charge in [0.15, 0.2) is 0 Å². The number of amides is 1. The molecule has 1 aliphatic rings. The van der Waals surface area contributed by atoms with Gasteiger partial charge in [-0.15, -0.1) is 11.8 Å². The lowest BCUT2D eigenvalue weighted by molar-refractivity contribution is -0.120. The maximum Gasteiger partial charge on any atom is 0.243 e. The third kappa shape index (κ3) is 4.93. The summed E-state index contributed by atoms with van der Waals surface area (Å²) in [6.07, 6.45) is 2.98. The smallest absolute Gasteiger partial charge is 0.243 e. The van der Waals surface area contributed by atoms with Gasteiger partial charge < -0.3 is 5.32 Å². The molecule has 5 nitrogen and oxygen atoms in total. The van der Waals surface area contributed by atoms with Crippen LogP contribution in [0.5, 0.6) is 0 Å². The minimum atomic E-state index is -3.51. The highest BCUT2D eigenvalue weighted by Gasteiger charge is 2.32. The molecule has 0 atom stereocenters. The van der Waals surface area contributed by atoms with Crippen molar-refractivity contribution >= 4 is 49.3 Å². The van der Waals surface area contributed by atoms with Crippen LogP contribution >= 0.6 is 27.7 Å². The van der Waals surface area contributed by atoms with E-state index >= 15 is 0 Å². The molecule has 0 bridgehead atoms. The van der Waals surface area contributed by atoms with E-state index in [0.29, 0.717) is 30.8 Å². The fourth-order valence-corrected chi connectivity index (χ4v) is 5.34. The molecule has 0 spiro atoms. The molecule has 2 aromatic carbocycles. The van der Waals surface area contributed by atoms with Crippen molar-refractivity contribution < 1.29 is 13.2 Å². The normalized spacial score (nSPS) is 16.2. The molecular formula is C19H21BrN2O3S2. The van der Waals surface area contributed by atoms with Gasteiger partial charge in [0.2, 0.25) is 15.9 Å². The first-order valence-corrected chi connectivity index (χ1v) is 12.1. The second-order valence-corrected chi connectivity index (χ2v) is 10.1. The number of carbonyl (C=O) groups is 1. The number of nitrogens with one attached hydrogen (secondary N) is 1. The van der Waals surface area contributed by atoms with Crippen LogP contribution < -0.4 is 5.32 Å². The van der Waals surface area contributed by atoms with E-state index in [1.54, 1.807) is 23.9 Å². The molecule has 0 aromatic heterocycles. The van der Waals surface area contributed by atoms with Crippen LogP contribution in [0.3, 0.4) is 0 Å². The molecule has 0 saturated carbocycles. The van der Waals surface area contributed by atoms with E-state index in [9.17, 15) is 13.2 Å². The highest BCUT2D eigenvalue weighted by Crippen LogP contribution is 2.26. The first-order chi connectivity index (χ1) is 12.9. The molecule has 1 amide bonds. The Morgan fingerprint density at radius 2 is 1.81 bits per heavy atom. The Hall–Kier alpha value is -1.35. The Balaban J connectivity index is 1.61. The van der Waals surface area contributed by atoms with Crippen molar-refractivity contribution in [2.24, 2.45) is 5.92 Å². The number of carbonyl (C=O) groups excluding carboxylic acids is 1. The number of halogens is 1. The molecule has 1 N–H and O–H groups in total. The predicted molar refractivity (Wildman–Crippen MR) is 112 cm³/mol. The molecule has 1 fully saturated rings. The van der Waals surface area contributed by atoms with Crippen LogP contribution in [0.15, 0.2) is 62.8 Å². The number of rotatable bonds is 5. The van der Waals surface area contributed by atoms with Crippen LogP contribution in [0.1, 0.15) is 12.8 Å². The Morgan fingerprint density at radius 1 is 1.15 bits per heavy atom. The average Bonchev–Trinajstić information content (AvgIpc) is 2.68. The Labute approximate surface area is 172 Å². The minimum Gasteiger partial charge on any atom is -0.326 e. The topological polar surface area (TPSA) is 66.5 Å². The van der Waals surface area contributed by atoms with E-state index in [4.69, 9.17) is 0 Å². The van der Waals surface area contributed by atoms with Gasteiger partial charge in [-0.25, -0.2) is 8.42 Å². The highest BCUT2D eigenvalue weighted by molar-refractivity contribution is 9.10. The molecule has 1 heterocycles. The largest absolute Gasteiger partial charge is 0.326 e. The fraction of sp³-hybridized carbons (Fsp3) is 0.316. The van der Waals surface area contributed by atoms with E-state index in [1.165, 1.54) is 4.31 Å². The lowest BCUT2D eigenvalue weighted by atomic mass is 9.97. The van der Waals surface area contributed by atoms with Gasteiger partial charge in [0.1, 0.15) is 0 Å². The summed E-state index contributed by atoms with van der Waals surface area (Å²) in [6, 6.07) is 14.4. The zero-order chi connectivity index (χ0) is 19.4. The van der Waals surface area contributed by atoms with Crippen LogP contribution in [0.4, 0.5) is 5.69 Å². The van der Waals surface area contributed by atoms with Gasteiger partial charge in [-0.2, -0.15) is 4.31 Å². The number of sulfonamides is 1. The molecule has 0 unspecified atom stereocenters. The lowest BCUT2D eigenvalue weighted by Gasteiger charge is -2.30. The summed E-state index contributed by atoms with van der Waals surface area (Å²) in [7, 11) is -3.51. The maximum absolute atomic E-state index is 12.8. The summed E-state index contributed by atoms with van der Waals surface area (Å²) in [5.41, 5.74) is 0.735. The van der Waals surface area contributed by atoms with Crippen LogP contribution in [-0.2, 0) is 14.8 Å². The highest BCUT2D eigenvalue weighted by atomic mass is 79.9. The van der Waals surface area contributed by atoms with Crippen molar-refractivity contribution in [3.63, 3.8) is 0 Å². The number of piperidine rings is 1. The van der Waals surface area contributed by atoms with E-state index in [-0.39, 0.29) is 11.8 Å². The molecule has 8 heteroatoms. The third-order valence-electron chi connectivity index (χ3n) is 4.61. The maximum atomic E-state index is 12.8. The zero-order valence-electron chi connectivity index (χ0n) is 14.9.